The number of aliphatic hydroxyl groups excluding tert-OH is 2. The molecule has 4 aromatic carbocycles. The van der Waals surface area contributed by atoms with Gasteiger partial charge in [-0.05, 0) is 30.3 Å². The molecule has 4 aromatic rings. The molecule has 1 unspecified atom stereocenters. The number of carbonyl (C=O) groups is 5. The van der Waals surface area contributed by atoms with E-state index in [0.717, 1.165) is 0 Å². The number of hydrogen-bond donors (Lipinski definition) is 16. The van der Waals surface area contributed by atoms with E-state index in [-0.39, 0.29) is 0 Å². The summed E-state index contributed by atoms with van der Waals surface area (Å²) >= 11 is 0. The number of aromatic hydroxyl groups is 11. The van der Waals surface area contributed by atoms with E-state index in [4.69, 9.17) is 47.4 Å². The molecule has 77 heavy (non-hydrogen) atoms. The number of fused-ring (bicyclic) bond motifs is 6. The van der Waals surface area contributed by atoms with Crippen LogP contribution in [0.25, 0.3) is 11.1 Å². The third-order valence-electron chi connectivity index (χ3n) is 15.0. The van der Waals surface area contributed by atoms with Crippen molar-refractivity contribution in [1.82, 2.24) is 0 Å². The van der Waals surface area contributed by atoms with Gasteiger partial charge in [-0.2, -0.15) is 0 Å². The number of phenols is 11. The topological polar surface area (TPSA) is 501 Å². The van der Waals surface area contributed by atoms with Crippen LogP contribution in [0.15, 0.2) is 30.3 Å². The monoisotopic (exact) mass is 1080 g/mol. The lowest BCUT2D eigenvalue weighted by molar-refractivity contribution is -0.490. The fourth-order valence-corrected chi connectivity index (χ4v) is 11.6. The number of phenolic OH excluding ortho intramolecular Hbond substituents is 11. The van der Waals surface area contributed by atoms with Crippen LogP contribution in [-0.2, 0) is 47.4 Å². The third kappa shape index (κ3) is 6.06. The van der Waals surface area contributed by atoms with Gasteiger partial charge >= 0.3 is 35.6 Å². The van der Waals surface area contributed by atoms with Crippen LogP contribution >= 0.6 is 0 Å². The molecule has 0 amide bonds. The highest BCUT2D eigenvalue weighted by Gasteiger charge is 2.95. The average Bonchev–Trinajstić information content (AvgIpc) is 2.35. The summed E-state index contributed by atoms with van der Waals surface area (Å²) in [6, 6.07) is 2.36. The van der Waals surface area contributed by atoms with Crippen LogP contribution in [0.2, 0.25) is 0 Å². The van der Waals surface area contributed by atoms with Gasteiger partial charge in [-0.15, -0.1) is 0 Å². The van der Waals surface area contributed by atoms with E-state index < -0.39 is 241 Å². The molecule has 5 fully saturated rings. The number of carbonyl (C=O) groups excluding carboxylic acids is 5. The van der Waals surface area contributed by atoms with Gasteiger partial charge in [0, 0.05) is 23.1 Å². The summed E-state index contributed by atoms with van der Waals surface area (Å²) in [5.74, 6) is -41.2. The maximum Gasteiger partial charge on any atom is 0.340 e. The fourth-order valence-electron chi connectivity index (χ4n) is 11.6. The van der Waals surface area contributed by atoms with Crippen molar-refractivity contribution in [2.45, 2.75) is 84.5 Å². The Morgan fingerprint density at radius 1 is 0.623 bits per heavy atom. The Morgan fingerprint density at radius 2 is 1.18 bits per heavy atom. The molecule has 0 aromatic heterocycles. The normalized spacial score (nSPS) is 36.1. The zero-order chi connectivity index (χ0) is 55.3. The molecule has 31 nitrogen and oxygen atoms in total. The molecule has 7 heterocycles. The molecule has 1 aliphatic carbocycles. The first-order valence-corrected chi connectivity index (χ1v) is 22.4. The molecule has 1 saturated carbocycles. The molecule has 14 atom stereocenters. The molecule has 2 spiro atoms. The van der Waals surface area contributed by atoms with Gasteiger partial charge in [0.1, 0.15) is 36.4 Å². The number of esters is 5. The largest absolute Gasteiger partial charge is 0.504 e. The molecule has 4 saturated heterocycles. The molecule has 31 heteroatoms. The summed E-state index contributed by atoms with van der Waals surface area (Å²) in [4.78, 5) is 74.4. The summed E-state index contributed by atoms with van der Waals surface area (Å²) in [6.07, 6.45) is -21.0. The second kappa shape index (κ2) is 15.5. The molecule has 8 aliphatic rings. The van der Waals surface area contributed by atoms with Gasteiger partial charge in [0.2, 0.25) is 47.0 Å². The van der Waals surface area contributed by atoms with Crippen LogP contribution in [-0.4, -0.2) is 197 Å². The van der Waals surface area contributed by atoms with Crippen molar-refractivity contribution in [3.05, 3.63) is 58.1 Å². The smallest absolute Gasteiger partial charge is 0.340 e. The van der Waals surface area contributed by atoms with Gasteiger partial charge in [-0.1, -0.05) is 0 Å². The minimum absolute atomic E-state index is 0.357. The van der Waals surface area contributed by atoms with Gasteiger partial charge in [0.05, 0.1) is 34.8 Å². The molecule has 12 rings (SSSR count). The molecule has 0 radical (unpaired) electrons. The first kappa shape index (κ1) is 49.4. The van der Waals surface area contributed by atoms with E-state index in [9.17, 15) is 96.1 Å². The van der Waals surface area contributed by atoms with E-state index in [1.54, 1.807) is 0 Å². The predicted molar refractivity (Wildman–Crippen MR) is 228 cm³/mol. The zero-order valence-corrected chi connectivity index (χ0v) is 38.0. The number of hydrogen-bond acceptors (Lipinski definition) is 31. The Morgan fingerprint density at radius 3 is 1.79 bits per heavy atom. The van der Waals surface area contributed by atoms with Crippen LogP contribution in [0, 0.1) is 5.41 Å². The summed E-state index contributed by atoms with van der Waals surface area (Å²) in [5, 5.41) is 179. The molecule has 9 bridgehead atoms. The van der Waals surface area contributed by atoms with Crippen LogP contribution in [0.5, 0.6) is 69.0 Å². The van der Waals surface area contributed by atoms with E-state index in [0.29, 0.717) is 30.3 Å². The van der Waals surface area contributed by atoms with Crippen LogP contribution < -0.4 is 4.74 Å². The first-order valence-electron chi connectivity index (χ1n) is 22.4. The Bertz CT molecular complexity index is 3370. The van der Waals surface area contributed by atoms with Gasteiger partial charge in [-0.3, -0.25) is 4.79 Å². The Hall–Kier alpha value is -8.53. The maximum absolute atomic E-state index is 15.9. The van der Waals surface area contributed by atoms with Gasteiger partial charge in [-0.25, -0.2) is 19.2 Å². The van der Waals surface area contributed by atoms with Gasteiger partial charge < -0.3 is 129 Å². The Labute approximate surface area is 423 Å². The zero-order valence-electron chi connectivity index (χ0n) is 38.0. The highest BCUT2D eigenvalue weighted by atomic mass is 16.9. The Balaban J connectivity index is 1.11. The lowest BCUT2D eigenvalue weighted by atomic mass is 9.53. The minimum atomic E-state index is -3.81. The third-order valence-corrected chi connectivity index (χ3v) is 15.0. The van der Waals surface area contributed by atoms with Crippen molar-refractivity contribution >= 4 is 29.8 Å². The van der Waals surface area contributed by atoms with E-state index in [2.05, 4.69) is 0 Å². The second-order valence-electron chi connectivity index (χ2n) is 19.1. The van der Waals surface area contributed by atoms with E-state index in [1.807, 2.05) is 0 Å². The lowest BCUT2D eigenvalue weighted by Gasteiger charge is -2.62. The van der Waals surface area contributed by atoms with Gasteiger partial charge in [0.15, 0.2) is 64.0 Å². The fraction of sp³-hybridized carbons (Fsp3) is 0.370. The summed E-state index contributed by atoms with van der Waals surface area (Å²) in [7, 11) is 0. The number of benzene rings is 4. The first-order chi connectivity index (χ1) is 36.1. The van der Waals surface area contributed by atoms with Crippen molar-refractivity contribution in [2.75, 3.05) is 13.2 Å². The minimum Gasteiger partial charge on any atom is -0.504 e. The van der Waals surface area contributed by atoms with Crippen molar-refractivity contribution in [3.8, 4) is 80.1 Å². The standard InChI is InChI=1S/C46H36O31/c47-13-1-9(2-14(48)23(13)53)35(60)74-39-32-31-29(19(70-39)7-68-36(61)10-3-15(49)24(54)27(57)20(10)21-11(37(62)71-31)4-16(50)25(55)28(21)58)73-41(64)42-8-43(65)46(67)45(66,76-40(42)44(77-43)34(59)18(52)6-69-44)33(42)22-12(38(63)72-32)5-17(51)26(56)30(22)75-46/h1-5,18-19,29,31-34,39-40,47-59,65-67H,6-8H2/t18-,19+,29+,31+,32+,33+,34+,39-,40?,42+,43-,44-,45-,46-/m0/s1. The Kier molecular flexibility index (Phi) is 9.96. The maximum atomic E-state index is 15.9. The SMILES string of the molecule is O=C(O[C@@H]1O[C@@H]2COC(=O)c3cc(O)c(O)c(O)c3-c3c(cc(O)c(O)c3O)C(=O)O[C@H]3[C@H]1OC(=O)c1cc(O)c(O)c4c1[C@@H]1[C@@]5(C[C@]6(O)O[C@]7(OC[C@H](O)[C@H]7O)C5O[C@]1(O)[C@@]6(O)O4)C(=O)O[C@@H]32)c1cc(O)c(O)c(O)c1. The number of aliphatic hydroxyl groups is 5. The average molecular weight is 1080 g/mol. The summed E-state index contributed by atoms with van der Waals surface area (Å²) < 4.78 is 58.2. The van der Waals surface area contributed by atoms with Crippen molar-refractivity contribution in [2.24, 2.45) is 5.41 Å². The number of ether oxygens (including phenoxy) is 10. The van der Waals surface area contributed by atoms with Crippen LogP contribution in [0.4, 0.5) is 0 Å². The van der Waals surface area contributed by atoms with E-state index in [1.165, 1.54) is 0 Å². The molecular weight excluding hydrogens is 1050 g/mol. The highest BCUT2D eigenvalue weighted by Crippen LogP contribution is 2.77. The predicted octanol–water partition coefficient (Wildman–Crippen LogP) is -2.65. The highest BCUT2D eigenvalue weighted by molar-refractivity contribution is 6.08. The van der Waals surface area contributed by atoms with Crippen molar-refractivity contribution in [1.29, 1.82) is 0 Å². The van der Waals surface area contributed by atoms with Crippen molar-refractivity contribution in [3.63, 3.8) is 0 Å². The molecule has 7 aliphatic heterocycles. The molecule has 406 valence electrons. The van der Waals surface area contributed by atoms with Crippen LogP contribution in [0.3, 0.4) is 0 Å². The van der Waals surface area contributed by atoms with Crippen molar-refractivity contribution < 1.29 is 153 Å². The number of cyclic esters (lactones) is 1. The molecule has 16 N–H and O–H groups in total. The summed E-state index contributed by atoms with van der Waals surface area (Å²) in [5.41, 5.74) is -10.4. The second-order valence-corrected chi connectivity index (χ2v) is 19.1. The quantitative estimate of drug-likeness (QED) is 0.0554. The van der Waals surface area contributed by atoms with E-state index >= 15 is 9.59 Å². The summed E-state index contributed by atoms with van der Waals surface area (Å²) in [6.45, 7) is -2.24. The lowest BCUT2D eigenvalue weighted by Crippen LogP contribution is -2.83. The molecular formula is C46H36O31. The van der Waals surface area contributed by atoms with Crippen LogP contribution in [0.1, 0.15) is 59.3 Å². The number of rotatable bonds is 2. The van der Waals surface area contributed by atoms with Gasteiger partial charge in [0.25, 0.3) is 0 Å².